The van der Waals surface area contributed by atoms with Crippen LogP contribution in [-0.4, -0.2) is 29.4 Å². The van der Waals surface area contributed by atoms with Crippen LogP contribution in [0.1, 0.15) is 126 Å². The molecule has 1 atom stereocenters. The maximum atomic E-state index is 11.8. The number of halogens is 1. The predicted molar refractivity (Wildman–Crippen MR) is 158 cm³/mol. The molecule has 38 heavy (non-hydrogen) atoms. The van der Waals surface area contributed by atoms with Crippen molar-refractivity contribution in [2.45, 2.75) is 115 Å². The molecular weight excluding hydrogens is 603 g/mol. The summed E-state index contributed by atoms with van der Waals surface area (Å²) in [5.41, 5.74) is 5.54. The topological polar surface area (TPSA) is 62.9 Å². The van der Waals surface area contributed by atoms with E-state index in [1.54, 1.807) is 0 Å². The standard InChI is InChI=1S/C32H50IN2O2S/c1-5-6-7-8-9-10-11-12-13-14-15-16-22-33-25-30-24-32(27(2)21-23-38(4,36)37)35(28(30)3)31-19-17-29(26-34)18-20-31/h17-20,24,27H,5-16,21-23,25H2,1-4H3/q-1. The first kappa shape index (κ1) is 32.9. The Morgan fingerprint density at radius 1 is 0.921 bits per heavy atom. The Kier molecular flexibility index (Phi) is 15.7. The van der Waals surface area contributed by atoms with Crippen molar-refractivity contribution in [3.05, 3.63) is 52.8 Å². The van der Waals surface area contributed by atoms with E-state index in [0.717, 1.165) is 10.1 Å². The van der Waals surface area contributed by atoms with E-state index in [1.165, 1.54) is 105 Å². The van der Waals surface area contributed by atoms with E-state index in [-0.39, 0.29) is 32.9 Å². The van der Waals surface area contributed by atoms with Gasteiger partial charge in [0.25, 0.3) is 0 Å². The van der Waals surface area contributed by atoms with Crippen LogP contribution in [-0.2, 0) is 14.3 Å². The van der Waals surface area contributed by atoms with E-state index in [2.05, 4.69) is 37.5 Å². The zero-order valence-electron chi connectivity index (χ0n) is 24.3. The van der Waals surface area contributed by atoms with Crippen molar-refractivity contribution in [1.29, 1.82) is 5.26 Å². The molecule has 0 saturated heterocycles. The molecule has 0 amide bonds. The Balaban J connectivity index is 1.84. The molecule has 1 unspecified atom stereocenters. The van der Waals surface area contributed by atoms with Crippen molar-refractivity contribution in [3.63, 3.8) is 0 Å². The van der Waals surface area contributed by atoms with E-state index in [1.807, 2.05) is 24.3 Å². The number of hydrogen-bond donors (Lipinski definition) is 0. The van der Waals surface area contributed by atoms with Crippen LogP contribution in [0.15, 0.2) is 30.3 Å². The summed E-state index contributed by atoms with van der Waals surface area (Å²) in [4.78, 5) is 0. The maximum absolute atomic E-state index is 11.8. The number of nitrogens with zero attached hydrogens (tertiary/aromatic N) is 2. The number of nitriles is 1. The van der Waals surface area contributed by atoms with Crippen LogP contribution in [0, 0.1) is 18.3 Å². The molecular formula is C32H50IN2O2S-. The molecule has 2 aromatic rings. The summed E-state index contributed by atoms with van der Waals surface area (Å²) in [5, 5.41) is 9.19. The molecule has 2 rings (SSSR count). The minimum atomic E-state index is -2.99. The molecule has 0 bridgehead atoms. The van der Waals surface area contributed by atoms with Gasteiger partial charge in [0.1, 0.15) is 0 Å². The van der Waals surface area contributed by atoms with Crippen molar-refractivity contribution < 1.29 is 29.6 Å². The quantitative estimate of drug-likeness (QED) is 0.108. The third kappa shape index (κ3) is 12.2. The fourth-order valence-corrected chi connectivity index (χ4v) is 8.54. The third-order valence-corrected chi connectivity index (χ3v) is 11.3. The van der Waals surface area contributed by atoms with Gasteiger partial charge >= 0.3 is 232 Å². The van der Waals surface area contributed by atoms with Crippen molar-refractivity contribution in [2.24, 2.45) is 0 Å². The van der Waals surface area contributed by atoms with Crippen molar-refractivity contribution in [1.82, 2.24) is 4.57 Å². The molecule has 1 aromatic heterocycles. The van der Waals surface area contributed by atoms with Crippen LogP contribution in [0.2, 0.25) is 0 Å². The van der Waals surface area contributed by atoms with Gasteiger partial charge in [-0.25, -0.2) is 0 Å². The first-order valence-corrected chi connectivity index (χ1v) is 19.8. The Hall–Kier alpha value is -1.33. The van der Waals surface area contributed by atoms with Gasteiger partial charge in [0.15, 0.2) is 0 Å². The zero-order chi connectivity index (χ0) is 27.8. The zero-order valence-corrected chi connectivity index (χ0v) is 27.2. The molecule has 0 radical (unpaired) electrons. The van der Waals surface area contributed by atoms with Gasteiger partial charge in [-0.3, -0.25) is 0 Å². The number of aromatic nitrogens is 1. The van der Waals surface area contributed by atoms with E-state index in [4.69, 9.17) is 0 Å². The second-order valence-corrected chi connectivity index (χ2v) is 16.1. The average molecular weight is 654 g/mol. The SMILES string of the molecule is CCCCCCCCCCCCCC[I-]Cc1cc(C(C)CCS(C)(=O)=O)n(-c2ccc(C#N)cc2)c1C. The van der Waals surface area contributed by atoms with Gasteiger partial charge in [-0.05, 0) is 0 Å². The predicted octanol–water partition coefficient (Wildman–Crippen LogP) is 5.49. The molecule has 6 heteroatoms. The number of unbranched alkanes of at least 4 members (excludes halogenated alkanes) is 11. The Morgan fingerprint density at radius 3 is 2.00 bits per heavy atom. The minimum absolute atomic E-state index is 0.112. The Morgan fingerprint density at radius 2 is 1.47 bits per heavy atom. The second kappa shape index (κ2) is 18.1. The van der Waals surface area contributed by atoms with Gasteiger partial charge in [0.2, 0.25) is 0 Å². The van der Waals surface area contributed by atoms with Crippen LogP contribution in [0.4, 0.5) is 0 Å². The van der Waals surface area contributed by atoms with Crippen molar-refractivity contribution >= 4 is 9.84 Å². The van der Waals surface area contributed by atoms with Crippen LogP contribution >= 0.6 is 0 Å². The van der Waals surface area contributed by atoms with E-state index >= 15 is 0 Å². The van der Waals surface area contributed by atoms with Crippen LogP contribution < -0.4 is 21.2 Å². The number of sulfone groups is 1. The number of benzene rings is 1. The van der Waals surface area contributed by atoms with E-state index in [9.17, 15) is 13.7 Å². The number of alkyl halides is 2. The van der Waals surface area contributed by atoms with Gasteiger partial charge in [0.05, 0.1) is 0 Å². The van der Waals surface area contributed by atoms with Crippen LogP contribution in [0.25, 0.3) is 5.69 Å². The summed E-state index contributed by atoms with van der Waals surface area (Å²) in [7, 11) is -2.99. The number of hydrogen-bond acceptors (Lipinski definition) is 3. The van der Waals surface area contributed by atoms with Crippen molar-refractivity contribution in [3.8, 4) is 11.8 Å². The van der Waals surface area contributed by atoms with Gasteiger partial charge in [-0.15, -0.1) is 0 Å². The molecule has 0 fully saturated rings. The molecule has 0 aliphatic heterocycles. The fraction of sp³-hybridized carbons (Fsp3) is 0.656. The summed E-state index contributed by atoms with van der Waals surface area (Å²) < 4.78 is 28.4. The van der Waals surface area contributed by atoms with Gasteiger partial charge < -0.3 is 0 Å². The molecule has 4 nitrogen and oxygen atoms in total. The molecule has 0 aliphatic rings. The third-order valence-electron chi connectivity index (χ3n) is 7.42. The average Bonchev–Trinajstić information content (AvgIpc) is 3.23. The monoisotopic (exact) mass is 653 g/mol. The molecule has 0 spiro atoms. The molecule has 1 heterocycles. The molecule has 1 aromatic carbocycles. The van der Waals surface area contributed by atoms with E-state index in [0.29, 0.717) is 12.0 Å². The summed E-state index contributed by atoms with van der Waals surface area (Å²) in [5.74, 6) is 0.342. The van der Waals surface area contributed by atoms with Gasteiger partial charge in [-0.1, -0.05) is 13.3 Å². The second-order valence-electron chi connectivity index (χ2n) is 10.9. The Labute approximate surface area is 243 Å². The van der Waals surface area contributed by atoms with Crippen LogP contribution in [0.5, 0.6) is 0 Å². The first-order valence-electron chi connectivity index (χ1n) is 14.7. The fourth-order valence-electron chi connectivity index (χ4n) is 4.95. The molecule has 214 valence electrons. The first-order chi connectivity index (χ1) is 18.3. The molecule has 0 N–H and O–H groups in total. The van der Waals surface area contributed by atoms with Crippen molar-refractivity contribution in [2.75, 3.05) is 16.4 Å². The van der Waals surface area contributed by atoms with E-state index < -0.39 is 9.84 Å². The number of rotatable bonds is 20. The van der Waals surface area contributed by atoms with Gasteiger partial charge in [-0.2, -0.15) is 0 Å². The summed E-state index contributed by atoms with van der Waals surface area (Å²) in [6.45, 7) is 6.60. The Bertz CT molecular complexity index is 1080. The normalized spacial score (nSPS) is 12.6. The summed E-state index contributed by atoms with van der Waals surface area (Å²) in [6, 6.07) is 12.2. The molecule has 0 aliphatic carbocycles. The van der Waals surface area contributed by atoms with Crippen LogP contribution in [0.3, 0.4) is 0 Å². The molecule has 0 saturated carbocycles. The van der Waals surface area contributed by atoms with Gasteiger partial charge in [0, 0.05) is 0 Å². The summed E-state index contributed by atoms with van der Waals surface area (Å²) in [6.07, 6.45) is 18.7. The summed E-state index contributed by atoms with van der Waals surface area (Å²) >= 11 is 0.112.